The molecule has 1 aliphatic carbocycles. The first-order valence-electron chi connectivity index (χ1n) is 8.10. The third kappa shape index (κ3) is 3.83. The summed E-state index contributed by atoms with van der Waals surface area (Å²) in [5.74, 6) is 0.687. The van der Waals surface area contributed by atoms with E-state index in [1.807, 2.05) is 7.11 Å². The quantitative estimate of drug-likeness (QED) is 0.815. The average molecular weight is 275 g/mol. The van der Waals surface area contributed by atoms with E-state index in [-0.39, 0.29) is 6.10 Å². The molecule has 0 spiro atoms. The van der Waals surface area contributed by atoms with Crippen LogP contribution in [-0.4, -0.2) is 25.8 Å². The Morgan fingerprint density at radius 3 is 2.90 bits per heavy atom. The highest BCUT2D eigenvalue weighted by Gasteiger charge is 2.25. The maximum absolute atomic E-state index is 5.58. The van der Waals surface area contributed by atoms with E-state index in [1.54, 1.807) is 11.1 Å². The zero-order valence-electron chi connectivity index (χ0n) is 13.2. The summed E-state index contributed by atoms with van der Waals surface area (Å²) in [6.07, 6.45) is 6.52. The lowest BCUT2D eigenvalue weighted by molar-refractivity contribution is 0.0767. The maximum atomic E-state index is 5.58. The van der Waals surface area contributed by atoms with Gasteiger partial charge in [-0.1, -0.05) is 31.2 Å². The second-order valence-electron chi connectivity index (χ2n) is 6.03. The second-order valence-corrected chi connectivity index (χ2v) is 6.03. The number of fused-ring (bicyclic) bond motifs is 1. The number of methoxy groups -OCH3 is 1. The van der Waals surface area contributed by atoms with Crippen molar-refractivity contribution < 1.29 is 4.74 Å². The maximum Gasteiger partial charge on any atom is 0.0696 e. The van der Waals surface area contributed by atoms with Gasteiger partial charge in [-0.05, 0) is 62.6 Å². The molecule has 2 nitrogen and oxygen atoms in total. The summed E-state index contributed by atoms with van der Waals surface area (Å²) in [5, 5.41) is 3.67. The molecule has 0 aromatic heterocycles. The summed E-state index contributed by atoms with van der Waals surface area (Å²) in [4.78, 5) is 0. The number of ether oxygens (including phenoxy) is 1. The molecule has 1 aliphatic rings. The Hall–Kier alpha value is -0.860. The average Bonchev–Trinajstić information content (AvgIpc) is 2.50. The molecule has 0 bridgehead atoms. The number of nitrogens with one attached hydrogen (secondary N) is 1. The molecule has 0 amide bonds. The molecule has 1 aromatic rings. The molecule has 0 saturated carbocycles. The predicted octanol–water partition coefficient (Wildman–Crippen LogP) is 3.90. The minimum absolute atomic E-state index is 0.274. The molecule has 3 unspecified atom stereocenters. The molecule has 2 rings (SSSR count). The minimum Gasteiger partial charge on any atom is -0.380 e. The van der Waals surface area contributed by atoms with E-state index in [2.05, 4.69) is 43.4 Å². The number of aryl methyl sites for hydroxylation is 1. The van der Waals surface area contributed by atoms with Gasteiger partial charge in [-0.2, -0.15) is 0 Å². The topological polar surface area (TPSA) is 21.3 Å². The van der Waals surface area contributed by atoms with E-state index < -0.39 is 0 Å². The van der Waals surface area contributed by atoms with Gasteiger partial charge in [-0.25, -0.2) is 0 Å². The van der Waals surface area contributed by atoms with E-state index in [1.165, 1.54) is 32.1 Å². The number of hydrogen-bond acceptors (Lipinski definition) is 2. The van der Waals surface area contributed by atoms with Crippen molar-refractivity contribution in [1.29, 1.82) is 0 Å². The molecule has 0 fully saturated rings. The van der Waals surface area contributed by atoms with Crippen LogP contribution < -0.4 is 5.32 Å². The minimum atomic E-state index is 0.274. The molecule has 1 aromatic carbocycles. The number of benzene rings is 1. The number of rotatable bonds is 7. The monoisotopic (exact) mass is 275 g/mol. The van der Waals surface area contributed by atoms with Crippen LogP contribution in [0.2, 0.25) is 0 Å². The Morgan fingerprint density at radius 2 is 2.15 bits per heavy atom. The van der Waals surface area contributed by atoms with Crippen molar-refractivity contribution in [2.24, 2.45) is 0 Å². The van der Waals surface area contributed by atoms with Crippen molar-refractivity contribution in [2.45, 2.75) is 64.0 Å². The summed E-state index contributed by atoms with van der Waals surface area (Å²) in [6.45, 7) is 5.48. The van der Waals surface area contributed by atoms with Crippen molar-refractivity contribution >= 4 is 0 Å². The van der Waals surface area contributed by atoms with Gasteiger partial charge < -0.3 is 10.1 Å². The summed E-state index contributed by atoms with van der Waals surface area (Å²) in [7, 11) is 1.82. The van der Waals surface area contributed by atoms with Gasteiger partial charge in [0.25, 0.3) is 0 Å². The SMILES string of the molecule is CCCNC(CC1CCCc2ccccc21)C(C)OC. The summed E-state index contributed by atoms with van der Waals surface area (Å²) in [5.41, 5.74) is 3.13. The molecular formula is C18H29NO. The van der Waals surface area contributed by atoms with E-state index >= 15 is 0 Å². The van der Waals surface area contributed by atoms with Gasteiger partial charge in [0.05, 0.1) is 6.10 Å². The Bertz CT molecular complexity index is 404. The summed E-state index contributed by atoms with van der Waals surface area (Å²) < 4.78 is 5.58. The Balaban J connectivity index is 2.07. The van der Waals surface area contributed by atoms with Gasteiger partial charge in [-0.3, -0.25) is 0 Å². The fraction of sp³-hybridized carbons (Fsp3) is 0.667. The Morgan fingerprint density at radius 1 is 1.35 bits per heavy atom. The first-order chi connectivity index (χ1) is 9.76. The van der Waals surface area contributed by atoms with E-state index in [0.717, 1.165) is 6.54 Å². The van der Waals surface area contributed by atoms with E-state index in [0.29, 0.717) is 12.0 Å². The highest BCUT2D eigenvalue weighted by Crippen LogP contribution is 2.35. The normalized spacial score (nSPS) is 21.2. The fourth-order valence-electron chi connectivity index (χ4n) is 3.34. The Labute approximate surface area is 123 Å². The van der Waals surface area contributed by atoms with Gasteiger partial charge in [0, 0.05) is 13.2 Å². The van der Waals surface area contributed by atoms with Crippen LogP contribution in [-0.2, 0) is 11.2 Å². The first kappa shape index (κ1) is 15.5. The largest absolute Gasteiger partial charge is 0.380 e. The molecule has 112 valence electrons. The molecule has 3 atom stereocenters. The van der Waals surface area contributed by atoms with Crippen molar-refractivity contribution in [3.8, 4) is 0 Å². The summed E-state index contributed by atoms with van der Waals surface area (Å²) in [6, 6.07) is 9.44. The summed E-state index contributed by atoms with van der Waals surface area (Å²) >= 11 is 0. The van der Waals surface area contributed by atoms with Crippen LogP contribution >= 0.6 is 0 Å². The predicted molar refractivity (Wildman–Crippen MR) is 85.3 cm³/mol. The molecule has 0 aliphatic heterocycles. The van der Waals surface area contributed by atoms with Crippen molar-refractivity contribution in [3.63, 3.8) is 0 Å². The van der Waals surface area contributed by atoms with Gasteiger partial charge in [0.1, 0.15) is 0 Å². The number of hydrogen-bond donors (Lipinski definition) is 1. The smallest absolute Gasteiger partial charge is 0.0696 e. The molecule has 0 heterocycles. The molecule has 20 heavy (non-hydrogen) atoms. The highest BCUT2D eigenvalue weighted by molar-refractivity contribution is 5.32. The van der Waals surface area contributed by atoms with Crippen LogP contribution in [0.25, 0.3) is 0 Å². The molecular weight excluding hydrogens is 246 g/mol. The lowest BCUT2D eigenvalue weighted by atomic mass is 9.79. The van der Waals surface area contributed by atoms with Gasteiger partial charge >= 0.3 is 0 Å². The Kier molecular flexibility index (Phi) is 6.06. The lowest BCUT2D eigenvalue weighted by Gasteiger charge is -2.32. The van der Waals surface area contributed by atoms with Gasteiger partial charge in [-0.15, -0.1) is 0 Å². The lowest BCUT2D eigenvalue weighted by Crippen LogP contribution is -2.41. The van der Waals surface area contributed by atoms with E-state index in [4.69, 9.17) is 4.74 Å². The van der Waals surface area contributed by atoms with Crippen molar-refractivity contribution in [2.75, 3.05) is 13.7 Å². The van der Waals surface area contributed by atoms with Crippen LogP contribution in [0.15, 0.2) is 24.3 Å². The molecule has 1 N–H and O–H groups in total. The zero-order chi connectivity index (χ0) is 14.4. The molecule has 0 radical (unpaired) electrons. The van der Waals surface area contributed by atoms with Crippen LogP contribution in [0.5, 0.6) is 0 Å². The van der Waals surface area contributed by atoms with Crippen LogP contribution in [0.4, 0.5) is 0 Å². The van der Waals surface area contributed by atoms with Crippen LogP contribution in [0.3, 0.4) is 0 Å². The third-order valence-corrected chi connectivity index (χ3v) is 4.63. The second kappa shape index (κ2) is 7.80. The van der Waals surface area contributed by atoms with Gasteiger partial charge in [0.2, 0.25) is 0 Å². The molecule has 0 saturated heterocycles. The zero-order valence-corrected chi connectivity index (χ0v) is 13.2. The standard InChI is InChI=1S/C18H29NO/c1-4-12-19-18(14(2)20-3)13-16-10-7-9-15-8-5-6-11-17(15)16/h5-6,8,11,14,16,18-19H,4,7,9-10,12-13H2,1-3H3. The highest BCUT2D eigenvalue weighted by atomic mass is 16.5. The van der Waals surface area contributed by atoms with Crippen LogP contribution in [0.1, 0.15) is 56.6 Å². The third-order valence-electron chi connectivity index (χ3n) is 4.63. The molecule has 2 heteroatoms. The first-order valence-corrected chi connectivity index (χ1v) is 8.10. The van der Waals surface area contributed by atoms with E-state index in [9.17, 15) is 0 Å². The van der Waals surface area contributed by atoms with Crippen molar-refractivity contribution in [3.05, 3.63) is 35.4 Å². The van der Waals surface area contributed by atoms with Crippen molar-refractivity contribution in [1.82, 2.24) is 5.32 Å². The van der Waals surface area contributed by atoms with Gasteiger partial charge in [0.15, 0.2) is 0 Å². The fourth-order valence-corrected chi connectivity index (χ4v) is 3.34. The van der Waals surface area contributed by atoms with Crippen LogP contribution in [0, 0.1) is 0 Å².